The summed E-state index contributed by atoms with van der Waals surface area (Å²) >= 11 is 1.52. The molecule has 0 spiro atoms. The van der Waals surface area contributed by atoms with Crippen molar-refractivity contribution in [3.8, 4) is 11.5 Å². The highest BCUT2D eigenvalue weighted by Crippen LogP contribution is 2.43. The van der Waals surface area contributed by atoms with Gasteiger partial charge in [0.05, 0.1) is 4.88 Å². The van der Waals surface area contributed by atoms with E-state index in [-0.39, 0.29) is 0 Å². The number of aldehydes is 1. The molecular weight excluding hydrogens is 236 g/mol. The van der Waals surface area contributed by atoms with Gasteiger partial charge in [-0.3, -0.25) is 4.79 Å². The molecule has 0 saturated carbocycles. The maximum absolute atomic E-state index is 10.9. The fraction of sp³-hybridized carbons (Fsp3) is 0.615. The zero-order chi connectivity index (χ0) is 12.1. The van der Waals surface area contributed by atoms with Gasteiger partial charge in [-0.1, -0.05) is 26.2 Å². The van der Waals surface area contributed by atoms with E-state index in [0.29, 0.717) is 23.8 Å². The van der Waals surface area contributed by atoms with E-state index in [2.05, 4.69) is 6.92 Å². The molecule has 1 aliphatic heterocycles. The van der Waals surface area contributed by atoms with Crippen LogP contribution in [-0.4, -0.2) is 19.5 Å². The van der Waals surface area contributed by atoms with Crippen LogP contribution in [0.5, 0.6) is 11.5 Å². The lowest BCUT2D eigenvalue weighted by molar-refractivity contribution is 0.111. The zero-order valence-corrected chi connectivity index (χ0v) is 11.0. The molecule has 0 amide bonds. The van der Waals surface area contributed by atoms with E-state index in [0.717, 1.165) is 29.8 Å². The first-order valence-electron chi connectivity index (χ1n) is 6.23. The second kappa shape index (κ2) is 6.05. The quantitative estimate of drug-likeness (QED) is 0.576. The van der Waals surface area contributed by atoms with E-state index < -0.39 is 0 Å². The zero-order valence-electron chi connectivity index (χ0n) is 10.2. The van der Waals surface area contributed by atoms with Crippen molar-refractivity contribution in [1.82, 2.24) is 0 Å². The molecule has 0 aliphatic carbocycles. The summed E-state index contributed by atoms with van der Waals surface area (Å²) < 4.78 is 11.1. The maximum atomic E-state index is 10.9. The fourth-order valence-electron chi connectivity index (χ4n) is 1.99. The number of rotatable bonds is 6. The van der Waals surface area contributed by atoms with Crippen LogP contribution in [0, 0.1) is 0 Å². The highest BCUT2D eigenvalue weighted by atomic mass is 32.1. The van der Waals surface area contributed by atoms with Gasteiger partial charge in [0.2, 0.25) is 0 Å². The third-order valence-corrected chi connectivity index (χ3v) is 3.99. The number of hydrogen-bond acceptors (Lipinski definition) is 4. The maximum Gasteiger partial charge on any atom is 0.182 e. The molecule has 0 bridgehead atoms. The van der Waals surface area contributed by atoms with Crippen LogP contribution >= 0.6 is 11.3 Å². The molecule has 0 radical (unpaired) electrons. The first-order valence-corrected chi connectivity index (χ1v) is 7.05. The van der Waals surface area contributed by atoms with Crippen LogP contribution in [0.2, 0.25) is 0 Å². The number of thiophene rings is 1. The van der Waals surface area contributed by atoms with E-state index in [1.807, 2.05) is 0 Å². The number of aryl methyl sites for hydroxylation is 1. The molecule has 0 atom stereocenters. The Morgan fingerprint density at radius 2 is 1.94 bits per heavy atom. The smallest absolute Gasteiger partial charge is 0.182 e. The third kappa shape index (κ3) is 2.80. The molecule has 2 rings (SSSR count). The number of fused-ring (bicyclic) bond motifs is 1. The molecular formula is C13H18O3S. The van der Waals surface area contributed by atoms with Crippen molar-refractivity contribution < 1.29 is 14.3 Å². The predicted octanol–water partition coefficient (Wildman–Crippen LogP) is 3.45. The van der Waals surface area contributed by atoms with Crippen molar-refractivity contribution in [3.63, 3.8) is 0 Å². The SMILES string of the molecule is CCCCCCc1sc(C=O)c2c1OCCO2. The molecule has 4 heteroatoms. The van der Waals surface area contributed by atoms with E-state index in [1.165, 1.54) is 30.6 Å². The van der Waals surface area contributed by atoms with Gasteiger partial charge >= 0.3 is 0 Å². The molecule has 0 N–H and O–H groups in total. The molecule has 0 fully saturated rings. The molecule has 17 heavy (non-hydrogen) atoms. The van der Waals surface area contributed by atoms with Crippen molar-refractivity contribution in [2.45, 2.75) is 39.0 Å². The van der Waals surface area contributed by atoms with Gasteiger partial charge in [-0.2, -0.15) is 0 Å². The number of hydrogen-bond donors (Lipinski definition) is 0. The van der Waals surface area contributed by atoms with Gasteiger partial charge < -0.3 is 9.47 Å². The normalized spacial score (nSPS) is 13.7. The molecule has 0 saturated heterocycles. The molecule has 1 aliphatic rings. The van der Waals surface area contributed by atoms with Crippen molar-refractivity contribution in [2.24, 2.45) is 0 Å². The number of carbonyl (C=O) groups is 1. The lowest BCUT2D eigenvalue weighted by atomic mass is 10.1. The van der Waals surface area contributed by atoms with Gasteiger partial charge in [0.15, 0.2) is 17.8 Å². The van der Waals surface area contributed by atoms with Crippen molar-refractivity contribution in [2.75, 3.05) is 13.2 Å². The van der Waals surface area contributed by atoms with Crippen LogP contribution in [0.3, 0.4) is 0 Å². The Hall–Kier alpha value is -1.03. The fourth-order valence-corrected chi connectivity index (χ4v) is 3.04. The van der Waals surface area contributed by atoms with Crippen LogP contribution in [0.25, 0.3) is 0 Å². The highest BCUT2D eigenvalue weighted by molar-refractivity contribution is 7.14. The largest absolute Gasteiger partial charge is 0.485 e. The van der Waals surface area contributed by atoms with Gasteiger partial charge in [-0.05, 0) is 12.8 Å². The second-order valence-electron chi connectivity index (χ2n) is 4.17. The van der Waals surface area contributed by atoms with Crippen LogP contribution < -0.4 is 9.47 Å². The first-order chi connectivity index (χ1) is 8.36. The Balaban J connectivity index is 2.06. The lowest BCUT2D eigenvalue weighted by Crippen LogP contribution is -2.15. The predicted molar refractivity (Wildman–Crippen MR) is 68.5 cm³/mol. The third-order valence-electron chi connectivity index (χ3n) is 2.86. The summed E-state index contributed by atoms with van der Waals surface area (Å²) in [4.78, 5) is 12.8. The van der Waals surface area contributed by atoms with E-state index in [9.17, 15) is 4.79 Å². The standard InChI is InChI=1S/C13H18O3S/c1-2-3-4-5-6-10-12-13(11(9-14)17-10)16-8-7-15-12/h9H,2-8H2,1H3. The molecule has 1 aromatic heterocycles. The van der Waals surface area contributed by atoms with E-state index in [1.54, 1.807) is 0 Å². The summed E-state index contributed by atoms with van der Waals surface area (Å²) in [7, 11) is 0. The molecule has 0 aromatic carbocycles. The number of carbonyl (C=O) groups excluding carboxylic acids is 1. The molecule has 2 heterocycles. The van der Waals surface area contributed by atoms with Crippen LogP contribution in [-0.2, 0) is 6.42 Å². The Kier molecular flexibility index (Phi) is 4.42. The Bertz CT molecular complexity index is 384. The van der Waals surface area contributed by atoms with Crippen LogP contribution in [0.15, 0.2) is 0 Å². The molecule has 0 unspecified atom stereocenters. The van der Waals surface area contributed by atoms with Crippen molar-refractivity contribution in [3.05, 3.63) is 9.75 Å². The van der Waals surface area contributed by atoms with Crippen molar-refractivity contribution >= 4 is 17.6 Å². The Labute approximate surface area is 106 Å². The van der Waals surface area contributed by atoms with Gasteiger partial charge in [-0.25, -0.2) is 0 Å². The minimum absolute atomic E-state index is 0.542. The highest BCUT2D eigenvalue weighted by Gasteiger charge is 2.23. The lowest BCUT2D eigenvalue weighted by Gasteiger charge is -2.16. The molecule has 1 aromatic rings. The first kappa shape index (κ1) is 12.4. The van der Waals surface area contributed by atoms with E-state index >= 15 is 0 Å². The number of unbranched alkanes of at least 4 members (excludes halogenated alkanes) is 3. The second-order valence-corrected chi connectivity index (χ2v) is 5.31. The van der Waals surface area contributed by atoms with Crippen LogP contribution in [0.4, 0.5) is 0 Å². The van der Waals surface area contributed by atoms with Gasteiger partial charge in [-0.15, -0.1) is 11.3 Å². The Morgan fingerprint density at radius 1 is 1.18 bits per heavy atom. The average molecular weight is 254 g/mol. The Morgan fingerprint density at radius 3 is 2.65 bits per heavy atom. The summed E-state index contributed by atoms with van der Waals surface area (Å²) in [6, 6.07) is 0. The van der Waals surface area contributed by atoms with Crippen molar-refractivity contribution in [1.29, 1.82) is 0 Å². The van der Waals surface area contributed by atoms with Gasteiger partial charge in [0.1, 0.15) is 18.1 Å². The van der Waals surface area contributed by atoms with Gasteiger partial charge in [0.25, 0.3) is 0 Å². The summed E-state index contributed by atoms with van der Waals surface area (Å²) in [5.41, 5.74) is 0. The number of ether oxygens (including phenoxy) is 2. The van der Waals surface area contributed by atoms with Crippen LogP contribution in [0.1, 0.15) is 47.2 Å². The van der Waals surface area contributed by atoms with Gasteiger partial charge in [0, 0.05) is 0 Å². The minimum Gasteiger partial charge on any atom is -0.485 e. The molecule has 3 nitrogen and oxygen atoms in total. The monoisotopic (exact) mass is 254 g/mol. The average Bonchev–Trinajstić information content (AvgIpc) is 2.73. The minimum atomic E-state index is 0.542. The molecule has 94 valence electrons. The summed E-state index contributed by atoms with van der Waals surface area (Å²) in [6.45, 7) is 3.33. The summed E-state index contributed by atoms with van der Waals surface area (Å²) in [5, 5.41) is 0. The summed E-state index contributed by atoms with van der Waals surface area (Å²) in [6.07, 6.45) is 6.76. The van der Waals surface area contributed by atoms with E-state index in [4.69, 9.17) is 9.47 Å². The summed E-state index contributed by atoms with van der Waals surface area (Å²) in [5.74, 6) is 1.49. The topological polar surface area (TPSA) is 35.5 Å².